The van der Waals surface area contributed by atoms with E-state index >= 15 is 0 Å². The van der Waals surface area contributed by atoms with E-state index in [9.17, 15) is 4.79 Å². The van der Waals surface area contributed by atoms with Crippen LogP contribution in [-0.4, -0.2) is 32.7 Å². The standard InChI is InChI=1S/C28H26N4O3S/c1-18(27(33)29-23-13-7-9-19-8-5-6-12-22(19)23)36-28-31-30-26(32(28)21-10-3-2-4-11-21)20-14-15-24-25(16-20)35-17-34-24/h2-6,8,10-12,14-16,18,23H,7,9,13,17H2,1H3,(H,29,33)/t18-,23-/m1/s1. The van der Waals surface area contributed by atoms with Crippen molar-refractivity contribution in [1.29, 1.82) is 0 Å². The molecule has 1 aliphatic heterocycles. The summed E-state index contributed by atoms with van der Waals surface area (Å²) in [7, 11) is 0. The number of benzene rings is 3. The summed E-state index contributed by atoms with van der Waals surface area (Å²) in [5.74, 6) is 2.07. The summed E-state index contributed by atoms with van der Waals surface area (Å²) >= 11 is 1.41. The Balaban J connectivity index is 1.27. The molecular formula is C28H26N4O3S. The summed E-state index contributed by atoms with van der Waals surface area (Å²) in [5.41, 5.74) is 4.34. The van der Waals surface area contributed by atoms with E-state index in [1.807, 2.05) is 66.1 Å². The first-order valence-corrected chi connectivity index (χ1v) is 13.0. The number of hydrogen-bond donors (Lipinski definition) is 1. The van der Waals surface area contributed by atoms with Crippen LogP contribution in [0.2, 0.25) is 0 Å². The molecule has 0 fully saturated rings. The van der Waals surface area contributed by atoms with E-state index in [1.165, 1.54) is 22.9 Å². The lowest BCUT2D eigenvalue weighted by Crippen LogP contribution is -2.36. The summed E-state index contributed by atoms with van der Waals surface area (Å²) in [5, 5.41) is 12.6. The van der Waals surface area contributed by atoms with E-state index in [-0.39, 0.29) is 24.0 Å². The van der Waals surface area contributed by atoms with Crippen LogP contribution in [0.3, 0.4) is 0 Å². The molecule has 2 heterocycles. The highest BCUT2D eigenvalue weighted by molar-refractivity contribution is 8.00. The number of para-hydroxylation sites is 1. The Kier molecular flexibility index (Phi) is 6.11. The quantitative estimate of drug-likeness (QED) is 0.362. The molecule has 2 aliphatic rings. The molecule has 1 amide bonds. The van der Waals surface area contributed by atoms with Crippen LogP contribution in [0.25, 0.3) is 17.1 Å². The minimum absolute atomic E-state index is 0.00561. The third-order valence-electron chi connectivity index (χ3n) is 6.62. The zero-order chi connectivity index (χ0) is 24.5. The molecule has 0 saturated heterocycles. The molecule has 2 atom stereocenters. The maximum Gasteiger partial charge on any atom is 0.233 e. The number of aromatic nitrogens is 3. The van der Waals surface area contributed by atoms with Gasteiger partial charge >= 0.3 is 0 Å². The van der Waals surface area contributed by atoms with E-state index < -0.39 is 0 Å². The average molecular weight is 499 g/mol. The van der Waals surface area contributed by atoms with Gasteiger partial charge in [0.2, 0.25) is 12.7 Å². The molecule has 6 rings (SSSR count). The van der Waals surface area contributed by atoms with Crippen LogP contribution in [0.4, 0.5) is 0 Å². The van der Waals surface area contributed by atoms with E-state index in [4.69, 9.17) is 9.47 Å². The molecule has 182 valence electrons. The smallest absolute Gasteiger partial charge is 0.233 e. The van der Waals surface area contributed by atoms with Crippen molar-refractivity contribution >= 4 is 17.7 Å². The Bertz CT molecular complexity index is 1410. The van der Waals surface area contributed by atoms with Gasteiger partial charge in [0.25, 0.3) is 0 Å². The fourth-order valence-electron chi connectivity index (χ4n) is 4.78. The van der Waals surface area contributed by atoms with Crippen LogP contribution >= 0.6 is 11.8 Å². The molecule has 7 nitrogen and oxygen atoms in total. The number of fused-ring (bicyclic) bond motifs is 2. The van der Waals surface area contributed by atoms with Crippen molar-refractivity contribution in [2.24, 2.45) is 0 Å². The Labute approximate surface area is 213 Å². The monoisotopic (exact) mass is 498 g/mol. The highest BCUT2D eigenvalue weighted by Gasteiger charge is 2.27. The molecule has 36 heavy (non-hydrogen) atoms. The van der Waals surface area contributed by atoms with Gasteiger partial charge in [-0.3, -0.25) is 9.36 Å². The minimum atomic E-state index is -0.352. The number of carbonyl (C=O) groups excluding carboxylic acids is 1. The van der Waals surface area contributed by atoms with Gasteiger partial charge in [0.1, 0.15) is 0 Å². The van der Waals surface area contributed by atoms with Gasteiger partial charge in [-0.2, -0.15) is 0 Å². The molecule has 1 N–H and O–H groups in total. The van der Waals surface area contributed by atoms with E-state index in [2.05, 4.69) is 33.7 Å². The molecular weight excluding hydrogens is 472 g/mol. The molecule has 1 aromatic heterocycles. The van der Waals surface area contributed by atoms with Gasteiger partial charge in [-0.05, 0) is 67.6 Å². The Morgan fingerprint density at radius 3 is 2.72 bits per heavy atom. The molecule has 0 spiro atoms. The largest absolute Gasteiger partial charge is 0.454 e. The Hall–Kier alpha value is -3.78. The van der Waals surface area contributed by atoms with Crippen LogP contribution in [0.15, 0.2) is 78.0 Å². The number of nitrogens with one attached hydrogen (secondary N) is 1. The second kappa shape index (κ2) is 9.70. The van der Waals surface area contributed by atoms with Crippen molar-refractivity contribution < 1.29 is 14.3 Å². The van der Waals surface area contributed by atoms with Gasteiger partial charge in [-0.15, -0.1) is 10.2 Å². The molecule has 8 heteroatoms. The normalized spacial score (nSPS) is 16.9. The fourth-order valence-corrected chi connectivity index (χ4v) is 5.66. The SMILES string of the molecule is C[C@@H](Sc1nnc(-c2ccc3c(c2)OCO3)n1-c1ccccc1)C(=O)N[C@@H]1CCCc2ccccc21. The first-order chi connectivity index (χ1) is 17.7. The predicted molar refractivity (Wildman–Crippen MR) is 139 cm³/mol. The van der Waals surface area contributed by atoms with Gasteiger partial charge in [0.05, 0.1) is 11.3 Å². The lowest BCUT2D eigenvalue weighted by atomic mass is 9.88. The van der Waals surface area contributed by atoms with Crippen molar-refractivity contribution in [3.8, 4) is 28.6 Å². The summed E-state index contributed by atoms with van der Waals surface area (Å²) in [6, 6.07) is 24.1. The van der Waals surface area contributed by atoms with Crippen molar-refractivity contribution in [3.05, 3.63) is 83.9 Å². The zero-order valence-corrected chi connectivity index (χ0v) is 20.7. The summed E-state index contributed by atoms with van der Waals surface area (Å²) in [6.07, 6.45) is 3.09. The molecule has 0 unspecified atom stereocenters. The number of rotatable bonds is 6. The number of nitrogens with zero attached hydrogens (tertiary/aromatic N) is 3. The summed E-state index contributed by atoms with van der Waals surface area (Å²) in [4.78, 5) is 13.3. The maximum atomic E-state index is 13.3. The summed E-state index contributed by atoms with van der Waals surface area (Å²) < 4.78 is 13.0. The second-order valence-corrected chi connectivity index (χ2v) is 10.3. The van der Waals surface area contributed by atoms with E-state index in [1.54, 1.807) is 0 Å². The number of thioether (sulfide) groups is 1. The van der Waals surface area contributed by atoms with Crippen LogP contribution in [0.1, 0.15) is 36.9 Å². The molecule has 4 aromatic rings. The minimum Gasteiger partial charge on any atom is -0.454 e. The number of carbonyl (C=O) groups is 1. The zero-order valence-electron chi connectivity index (χ0n) is 19.9. The fraction of sp³-hybridized carbons (Fsp3) is 0.250. The summed E-state index contributed by atoms with van der Waals surface area (Å²) in [6.45, 7) is 2.13. The average Bonchev–Trinajstić information content (AvgIpc) is 3.56. The lowest BCUT2D eigenvalue weighted by molar-refractivity contribution is -0.121. The van der Waals surface area contributed by atoms with Crippen LogP contribution in [0, 0.1) is 0 Å². The number of amides is 1. The number of ether oxygens (including phenoxy) is 2. The van der Waals surface area contributed by atoms with Gasteiger partial charge in [0, 0.05) is 11.3 Å². The van der Waals surface area contributed by atoms with Crippen molar-refractivity contribution in [2.75, 3.05) is 6.79 Å². The maximum absolute atomic E-state index is 13.3. The number of aryl methyl sites for hydroxylation is 1. The number of hydrogen-bond acceptors (Lipinski definition) is 6. The first kappa shape index (κ1) is 22.7. The van der Waals surface area contributed by atoms with Crippen molar-refractivity contribution in [3.63, 3.8) is 0 Å². The van der Waals surface area contributed by atoms with E-state index in [0.29, 0.717) is 22.5 Å². The topological polar surface area (TPSA) is 78.3 Å². The van der Waals surface area contributed by atoms with Crippen molar-refractivity contribution in [2.45, 2.75) is 42.6 Å². The van der Waals surface area contributed by atoms with Gasteiger partial charge < -0.3 is 14.8 Å². The first-order valence-electron chi connectivity index (χ1n) is 12.1. The Morgan fingerprint density at radius 1 is 1.03 bits per heavy atom. The van der Waals surface area contributed by atoms with Gasteiger partial charge in [-0.25, -0.2) is 0 Å². The highest BCUT2D eigenvalue weighted by Crippen LogP contribution is 2.37. The van der Waals surface area contributed by atoms with E-state index in [0.717, 1.165) is 30.5 Å². The predicted octanol–water partition coefficient (Wildman–Crippen LogP) is 5.34. The third kappa shape index (κ3) is 4.33. The second-order valence-electron chi connectivity index (χ2n) is 8.96. The van der Waals surface area contributed by atoms with Gasteiger partial charge in [0.15, 0.2) is 22.5 Å². The lowest BCUT2D eigenvalue weighted by Gasteiger charge is -2.27. The van der Waals surface area contributed by atoms with Crippen LogP contribution in [-0.2, 0) is 11.2 Å². The Morgan fingerprint density at radius 2 is 1.83 bits per heavy atom. The van der Waals surface area contributed by atoms with Crippen molar-refractivity contribution in [1.82, 2.24) is 20.1 Å². The molecule has 0 bridgehead atoms. The molecule has 3 aromatic carbocycles. The highest BCUT2D eigenvalue weighted by atomic mass is 32.2. The van der Waals surface area contributed by atoms with Crippen LogP contribution in [0.5, 0.6) is 11.5 Å². The third-order valence-corrected chi connectivity index (χ3v) is 7.66. The van der Waals surface area contributed by atoms with Gasteiger partial charge in [-0.1, -0.05) is 54.2 Å². The van der Waals surface area contributed by atoms with Crippen LogP contribution < -0.4 is 14.8 Å². The molecule has 0 radical (unpaired) electrons. The molecule has 0 saturated carbocycles. The molecule has 1 aliphatic carbocycles.